The molecule has 1 aliphatic rings. The summed E-state index contributed by atoms with van der Waals surface area (Å²) in [5, 5.41) is 11.8. The number of nitrogens with zero attached hydrogens (tertiary/aromatic N) is 1. The largest absolute Gasteiger partial charge is 0.496 e. The maximum absolute atomic E-state index is 12.7. The van der Waals surface area contributed by atoms with E-state index in [0.717, 1.165) is 28.9 Å². The van der Waals surface area contributed by atoms with Crippen molar-refractivity contribution in [3.05, 3.63) is 135 Å². The van der Waals surface area contributed by atoms with Crippen LogP contribution in [0.25, 0.3) is 0 Å². The Bertz CT molecular complexity index is 1470. The summed E-state index contributed by atoms with van der Waals surface area (Å²) in [6, 6.07) is 30.7. The van der Waals surface area contributed by atoms with Crippen molar-refractivity contribution in [3.8, 4) is 11.5 Å². The number of benzene rings is 4. The Kier molecular flexibility index (Phi) is 8.40. The van der Waals surface area contributed by atoms with E-state index in [1.807, 2.05) is 60.7 Å². The lowest BCUT2D eigenvalue weighted by Gasteiger charge is -2.29. The van der Waals surface area contributed by atoms with Crippen molar-refractivity contribution in [2.24, 2.45) is 5.92 Å². The van der Waals surface area contributed by atoms with Gasteiger partial charge in [-0.1, -0.05) is 78.9 Å². The van der Waals surface area contributed by atoms with Gasteiger partial charge < -0.3 is 14.2 Å². The molecule has 0 bridgehead atoms. The van der Waals surface area contributed by atoms with Crippen LogP contribution in [0.2, 0.25) is 0 Å². The van der Waals surface area contributed by atoms with Crippen LogP contribution in [0.3, 0.4) is 0 Å². The number of esters is 1. The summed E-state index contributed by atoms with van der Waals surface area (Å²) in [6.07, 6.45) is 1.67. The highest BCUT2D eigenvalue weighted by Crippen LogP contribution is 2.36. The van der Waals surface area contributed by atoms with E-state index >= 15 is 0 Å². The molecule has 0 amide bonds. The van der Waals surface area contributed by atoms with Crippen molar-refractivity contribution in [2.75, 3.05) is 13.7 Å². The number of cyclic esters (lactones) is 1. The lowest BCUT2D eigenvalue weighted by molar-refractivity contribution is -0.386. The zero-order chi connectivity index (χ0) is 27.9. The number of rotatable bonds is 10. The Labute approximate surface area is 233 Å². The van der Waals surface area contributed by atoms with E-state index in [1.165, 1.54) is 11.6 Å². The van der Waals surface area contributed by atoms with Gasteiger partial charge in [-0.2, -0.15) is 0 Å². The first-order valence-corrected chi connectivity index (χ1v) is 13.3. The number of nitro benzene ring substituents is 1. The van der Waals surface area contributed by atoms with Gasteiger partial charge in [-0.15, -0.1) is 0 Å². The normalized spacial score (nSPS) is 16.7. The monoisotopic (exact) mass is 537 g/mol. The number of methoxy groups -OCH3 is 1. The molecule has 40 heavy (non-hydrogen) atoms. The summed E-state index contributed by atoms with van der Waals surface area (Å²) >= 11 is 0. The van der Waals surface area contributed by atoms with Crippen LogP contribution in [0.1, 0.15) is 40.2 Å². The van der Waals surface area contributed by atoms with Crippen LogP contribution in [-0.4, -0.2) is 24.6 Å². The van der Waals surface area contributed by atoms with Gasteiger partial charge in [0, 0.05) is 18.4 Å². The van der Waals surface area contributed by atoms with Gasteiger partial charge in [-0.3, -0.25) is 14.9 Å². The van der Waals surface area contributed by atoms with Crippen molar-refractivity contribution < 1.29 is 23.9 Å². The van der Waals surface area contributed by atoms with E-state index < -0.39 is 10.8 Å². The van der Waals surface area contributed by atoms with E-state index in [2.05, 4.69) is 18.2 Å². The van der Waals surface area contributed by atoms with Crippen LogP contribution in [0.15, 0.2) is 97.1 Å². The molecule has 1 saturated heterocycles. The first kappa shape index (κ1) is 26.9. The van der Waals surface area contributed by atoms with Crippen LogP contribution in [0, 0.1) is 16.0 Å². The topological polar surface area (TPSA) is 87.9 Å². The van der Waals surface area contributed by atoms with Gasteiger partial charge in [0.15, 0.2) is 5.75 Å². The average Bonchev–Trinajstić information content (AvgIpc) is 2.98. The molecule has 0 aromatic heterocycles. The third-order valence-electron chi connectivity index (χ3n) is 7.28. The van der Waals surface area contributed by atoms with Gasteiger partial charge in [-0.25, -0.2) is 0 Å². The molecule has 4 aromatic rings. The minimum absolute atomic E-state index is 0.0200. The van der Waals surface area contributed by atoms with Crippen LogP contribution < -0.4 is 9.47 Å². The standard InChI is InChI=1S/C33H31NO6/c1-38-31-15-13-26(19-27(31)16-23-8-4-2-5-9-23)29-20-28(33(35)40-22-29)17-25-12-14-32(30(18-25)34(36)37)39-21-24-10-6-3-7-11-24/h2-15,18-19,28-29H,16-17,20-22H2,1H3/t28?,29-/m1/s1. The molecule has 0 spiro atoms. The second-order valence-corrected chi connectivity index (χ2v) is 10.0. The molecule has 204 valence electrons. The SMILES string of the molecule is COc1ccc([C@H]2COC(=O)C(Cc3ccc(OCc4ccccc4)c([N+](=O)[O-])c3)C2)cc1Cc1ccccc1. The maximum atomic E-state index is 12.7. The van der Waals surface area contributed by atoms with E-state index in [9.17, 15) is 14.9 Å². The second-order valence-electron chi connectivity index (χ2n) is 10.0. The molecule has 4 aromatic carbocycles. The molecule has 1 unspecified atom stereocenters. The molecule has 7 heteroatoms. The fourth-order valence-electron chi connectivity index (χ4n) is 5.19. The molecule has 0 saturated carbocycles. The zero-order valence-corrected chi connectivity index (χ0v) is 22.3. The van der Waals surface area contributed by atoms with Crippen molar-refractivity contribution >= 4 is 11.7 Å². The molecular weight excluding hydrogens is 506 g/mol. The molecule has 7 nitrogen and oxygen atoms in total. The van der Waals surface area contributed by atoms with E-state index in [-0.39, 0.29) is 29.9 Å². The molecule has 2 atom stereocenters. The summed E-state index contributed by atoms with van der Waals surface area (Å²) in [5.41, 5.74) is 4.84. The summed E-state index contributed by atoms with van der Waals surface area (Å²) < 4.78 is 17.0. The number of nitro groups is 1. The maximum Gasteiger partial charge on any atom is 0.311 e. The minimum atomic E-state index is -0.447. The first-order chi connectivity index (χ1) is 19.5. The summed E-state index contributed by atoms with van der Waals surface area (Å²) in [6.45, 7) is 0.532. The Morgan fingerprint density at radius 3 is 2.27 bits per heavy atom. The van der Waals surface area contributed by atoms with Crippen LogP contribution in [0.4, 0.5) is 5.69 Å². The Morgan fingerprint density at radius 2 is 1.57 bits per heavy atom. The molecule has 1 heterocycles. The molecule has 1 fully saturated rings. The van der Waals surface area contributed by atoms with Crippen LogP contribution >= 0.6 is 0 Å². The highest BCUT2D eigenvalue weighted by molar-refractivity contribution is 5.74. The molecule has 1 aliphatic heterocycles. The van der Waals surface area contributed by atoms with E-state index in [1.54, 1.807) is 19.2 Å². The second kappa shape index (κ2) is 12.5. The fraction of sp³-hybridized carbons (Fsp3) is 0.242. The lowest BCUT2D eigenvalue weighted by atomic mass is 9.83. The molecule has 0 aliphatic carbocycles. The highest BCUT2D eigenvalue weighted by atomic mass is 16.6. The fourth-order valence-corrected chi connectivity index (χ4v) is 5.19. The average molecular weight is 538 g/mol. The van der Waals surface area contributed by atoms with Gasteiger partial charge in [-0.05, 0) is 52.8 Å². The Balaban J connectivity index is 1.31. The number of ether oxygens (including phenoxy) is 3. The van der Waals surface area contributed by atoms with Crippen LogP contribution in [0.5, 0.6) is 11.5 Å². The third kappa shape index (κ3) is 6.49. The van der Waals surface area contributed by atoms with Gasteiger partial charge in [0.2, 0.25) is 0 Å². The van der Waals surface area contributed by atoms with Gasteiger partial charge in [0.05, 0.1) is 24.6 Å². The Morgan fingerprint density at radius 1 is 0.875 bits per heavy atom. The van der Waals surface area contributed by atoms with Crippen molar-refractivity contribution in [1.29, 1.82) is 0 Å². The predicted molar refractivity (Wildman–Crippen MR) is 152 cm³/mol. The number of hydrogen-bond donors (Lipinski definition) is 0. The van der Waals surface area contributed by atoms with Crippen molar-refractivity contribution in [3.63, 3.8) is 0 Å². The van der Waals surface area contributed by atoms with Crippen molar-refractivity contribution in [1.82, 2.24) is 0 Å². The predicted octanol–water partition coefficient (Wildman–Crippen LogP) is 6.66. The highest BCUT2D eigenvalue weighted by Gasteiger charge is 2.32. The van der Waals surface area contributed by atoms with Gasteiger partial charge in [0.25, 0.3) is 0 Å². The quantitative estimate of drug-likeness (QED) is 0.128. The van der Waals surface area contributed by atoms with Gasteiger partial charge in [0.1, 0.15) is 12.4 Å². The summed E-state index contributed by atoms with van der Waals surface area (Å²) in [7, 11) is 1.67. The summed E-state index contributed by atoms with van der Waals surface area (Å²) in [5.74, 6) is 0.353. The zero-order valence-electron chi connectivity index (χ0n) is 22.3. The Hall–Kier alpha value is -4.65. The first-order valence-electron chi connectivity index (χ1n) is 13.3. The third-order valence-corrected chi connectivity index (χ3v) is 7.28. The molecular formula is C33H31NO6. The summed E-state index contributed by atoms with van der Waals surface area (Å²) in [4.78, 5) is 24.1. The molecule has 5 rings (SSSR count). The van der Waals surface area contributed by atoms with Crippen molar-refractivity contribution in [2.45, 2.75) is 31.8 Å². The number of carbonyl (C=O) groups is 1. The molecule has 0 radical (unpaired) electrons. The van der Waals surface area contributed by atoms with Crippen LogP contribution in [-0.2, 0) is 29.0 Å². The molecule has 0 N–H and O–H groups in total. The van der Waals surface area contributed by atoms with E-state index in [4.69, 9.17) is 14.2 Å². The number of hydrogen-bond acceptors (Lipinski definition) is 6. The minimum Gasteiger partial charge on any atom is -0.496 e. The lowest BCUT2D eigenvalue weighted by Crippen LogP contribution is -2.31. The van der Waals surface area contributed by atoms with E-state index in [0.29, 0.717) is 25.0 Å². The smallest absolute Gasteiger partial charge is 0.311 e. The number of carbonyl (C=O) groups excluding carboxylic acids is 1. The van der Waals surface area contributed by atoms with Gasteiger partial charge >= 0.3 is 11.7 Å².